The van der Waals surface area contributed by atoms with E-state index in [0.717, 1.165) is 24.2 Å². The number of hydrogen-bond acceptors (Lipinski definition) is 0. The highest BCUT2D eigenvalue weighted by Crippen LogP contribution is 2.65. The molecule has 0 aliphatic heterocycles. The summed E-state index contributed by atoms with van der Waals surface area (Å²) in [5.41, 5.74) is 14.7. The Morgan fingerprint density at radius 3 is 1.80 bits per heavy atom. The molecule has 0 N–H and O–H groups in total. The predicted molar refractivity (Wildman–Crippen MR) is 210 cm³/mol. The van der Waals surface area contributed by atoms with E-state index in [9.17, 15) is 0 Å². The number of rotatable bonds is 4. The molecule has 10 rings (SSSR count). The topological polar surface area (TPSA) is 0 Å². The molecule has 0 atom stereocenters. The molecular weight excluding hydrogens is 601 g/mol. The zero-order valence-electron chi connectivity index (χ0n) is 31.3. The maximum Gasteiger partial charge on any atom is -0.000730 e. The normalized spacial score (nSPS) is 25.0. The van der Waals surface area contributed by atoms with Gasteiger partial charge in [0.2, 0.25) is 0 Å². The maximum atomic E-state index is 4.12. The van der Waals surface area contributed by atoms with E-state index in [-0.39, 0.29) is 10.8 Å². The van der Waals surface area contributed by atoms with Gasteiger partial charge in [-0.15, -0.1) is 0 Å². The highest BCUT2D eigenvalue weighted by Gasteiger charge is 2.53. The van der Waals surface area contributed by atoms with Crippen LogP contribution < -0.4 is 10.4 Å². The number of allylic oxidation sites excluding steroid dienone is 4. The fraction of sp³-hybridized carbons (Fsp3) is 0.400. The molecule has 4 saturated carbocycles. The summed E-state index contributed by atoms with van der Waals surface area (Å²) in [6, 6.07) is 32.2. The standard InChI is InChI=1S/C50H53/c1-31-18-21-39(47(31)50-28-32-22-33(29-50)24-34(23-32)30-50)45-42-25-37-19-20-38(48(2,3)4)26-40(37)41(42)27-43(49(5,6)7)46(45)44(35-14-10-8-11-15-35)36-16-12-9-13-17-36/h8-20,26-27,32-34H,21-24,28-30H2,1-7H3. The molecule has 0 amide bonds. The van der Waals surface area contributed by atoms with Crippen LogP contribution in [0.25, 0.3) is 17.2 Å². The Bertz CT molecular complexity index is 2240. The van der Waals surface area contributed by atoms with Gasteiger partial charge in [0.1, 0.15) is 0 Å². The number of hydrogen-bond donors (Lipinski definition) is 0. The summed E-state index contributed by atoms with van der Waals surface area (Å²) in [5.74, 6) is 2.72. The van der Waals surface area contributed by atoms with Gasteiger partial charge in [-0.2, -0.15) is 0 Å². The molecule has 4 aromatic carbocycles. The fourth-order valence-corrected chi connectivity index (χ4v) is 11.4. The molecule has 0 spiro atoms. The minimum atomic E-state index is -0.0825. The van der Waals surface area contributed by atoms with Crippen molar-refractivity contribution in [2.24, 2.45) is 23.2 Å². The first kappa shape index (κ1) is 32.0. The quantitative estimate of drug-likeness (QED) is 0.181. The van der Waals surface area contributed by atoms with Crippen molar-refractivity contribution in [1.82, 2.24) is 0 Å². The van der Waals surface area contributed by atoms with Gasteiger partial charge in [0.15, 0.2) is 0 Å². The first-order valence-electron chi connectivity index (χ1n) is 19.4. The van der Waals surface area contributed by atoms with Crippen LogP contribution in [0.3, 0.4) is 0 Å². The highest BCUT2D eigenvalue weighted by atomic mass is 14.6. The third-order valence-electron chi connectivity index (χ3n) is 13.1. The van der Waals surface area contributed by atoms with E-state index in [2.05, 4.69) is 146 Å². The molecule has 0 aromatic heterocycles. The molecule has 4 bridgehead atoms. The van der Waals surface area contributed by atoms with Gasteiger partial charge >= 0.3 is 0 Å². The Balaban J connectivity index is 1.50. The van der Waals surface area contributed by atoms with Gasteiger partial charge in [0.05, 0.1) is 0 Å². The average molecular weight is 654 g/mol. The summed E-state index contributed by atoms with van der Waals surface area (Å²) in [6.45, 7) is 16.7. The third kappa shape index (κ3) is 5.07. The molecular formula is C50H53. The highest BCUT2D eigenvalue weighted by molar-refractivity contribution is 5.90. The van der Waals surface area contributed by atoms with Crippen LogP contribution in [0.1, 0.15) is 127 Å². The molecule has 0 unspecified atom stereocenters. The second-order valence-corrected chi connectivity index (χ2v) is 18.7. The third-order valence-corrected chi connectivity index (χ3v) is 13.1. The number of fused-ring (bicyclic) bond motifs is 2. The van der Waals surface area contributed by atoms with Gasteiger partial charge in [0.25, 0.3) is 0 Å². The lowest BCUT2D eigenvalue weighted by Crippen LogP contribution is -2.47. The van der Waals surface area contributed by atoms with Crippen LogP contribution in [0.4, 0.5) is 0 Å². The number of benzene rings is 4. The summed E-state index contributed by atoms with van der Waals surface area (Å²) < 4.78 is 0. The summed E-state index contributed by atoms with van der Waals surface area (Å²) in [4.78, 5) is 0. The van der Waals surface area contributed by atoms with Gasteiger partial charge in [-0.05, 0) is 175 Å². The van der Waals surface area contributed by atoms with E-state index in [1.54, 1.807) is 16.7 Å². The lowest BCUT2D eigenvalue weighted by atomic mass is 9.47. The zero-order chi connectivity index (χ0) is 34.6. The van der Waals surface area contributed by atoms with Crippen molar-refractivity contribution in [3.05, 3.63) is 156 Å². The van der Waals surface area contributed by atoms with Crippen LogP contribution in [-0.2, 0) is 10.8 Å². The smallest absolute Gasteiger partial charge is 0.000730 e. The van der Waals surface area contributed by atoms with Crippen molar-refractivity contribution in [3.8, 4) is 0 Å². The fourth-order valence-electron chi connectivity index (χ4n) is 11.4. The first-order chi connectivity index (χ1) is 23.9. The van der Waals surface area contributed by atoms with Gasteiger partial charge in [-0.3, -0.25) is 0 Å². The van der Waals surface area contributed by atoms with Crippen LogP contribution >= 0.6 is 0 Å². The molecule has 4 aromatic rings. The zero-order valence-corrected chi connectivity index (χ0v) is 31.3. The van der Waals surface area contributed by atoms with Gasteiger partial charge < -0.3 is 0 Å². The molecule has 50 heavy (non-hydrogen) atoms. The van der Waals surface area contributed by atoms with Crippen molar-refractivity contribution >= 4 is 17.2 Å². The second-order valence-electron chi connectivity index (χ2n) is 18.7. The maximum absolute atomic E-state index is 4.12. The second kappa shape index (κ2) is 11.3. The van der Waals surface area contributed by atoms with Gasteiger partial charge in [-0.25, -0.2) is 0 Å². The average Bonchev–Trinajstić information content (AvgIpc) is 3.64. The molecule has 0 heterocycles. The van der Waals surface area contributed by atoms with Crippen molar-refractivity contribution in [2.45, 2.75) is 104 Å². The van der Waals surface area contributed by atoms with Crippen LogP contribution in [0.2, 0.25) is 0 Å². The lowest BCUT2D eigenvalue weighted by Gasteiger charge is -2.58. The van der Waals surface area contributed by atoms with Gasteiger partial charge in [0, 0.05) is 0 Å². The summed E-state index contributed by atoms with van der Waals surface area (Å²) in [7, 11) is 0. The lowest BCUT2D eigenvalue weighted by molar-refractivity contribution is -0.0287. The van der Waals surface area contributed by atoms with Crippen LogP contribution in [0, 0.1) is 33.6 Å². The van der Waals surface area contributed by atoms with E-state index < -0.39 is 0 Å². The largest absolute Gasteiger partial charge is 0.0769 e. The van der Waals surface area contributed by atoms with Crippen LogP contribution in [0.5, 0.6) is 0 Å². The Kier molecular flexibility index (Phi) is 7.24. The molecule has 0 nitrogen and oxygen atoms in total. The summed E-state index contributed by atoms with van der Waals surface area (Å²) >= 11 is 0. The minimum Gasteiger partial charge on any atom is -0.0769 e. The van der Waals surface area contributed by atoms with E-state index >= 15 is 0 Å². The molecule has 6 aliphatic rings. The molecule has 1 radical (unpaired) electrons. The molecule has 4 fully saturated rings. The molecule has 253 valence electrons. The van der Waals surface area contributed by atoms with E-state index in [0.29, 0.717) is 5.41 Å². The van der Waals surface area contributed by atoms with E-state index in [1.165, 1.54) is 98.4 Å². The van der Waals surface area contributed by atoms with Crippen molar-refractivity contribution in [2.75, 3.05) is 0 Å². The molecule has 6 aliphatic carbocycles. The Labute approximate surface area is 300 Å². The molecule has 0 heteroatoms. The Hall–Kier alpha value is -3.90. The van der Waals surface area contributed by atoms with Crippen LogP contribution in [0.15, 0.2) is 102 Å². The van der Waals surface area contributed by atoms with Gasteiger partial charge in [-0.1, -0.05) is 126 Å². The minimum absolute atomic E-state index is 0.0790. The van der Waals surface area contributed by atoms with Crippen molar-refractivity contribution < 1.29 is 0 Å². The van der Waals surface area contributed by atoms with E-state index in [4.69, 9.17) is 0 Å². The molecule has 0 saturated heterocycles. The van der Waals surface area contributed by atoms with Crippen LogP contribution in [-0.4, -0.2) is 0 Å². The summed E-state index contributed by atoms with van der Waals surface area (Å²) in [6.07, 6.45) is 16.3. The monoisotopic (exact) mass is 653 g/mol. The van der Waals surface area contributed by atoms with Crippen molar-refractivity contribution in [3.63, 3.8) is 0 Å². The van der Waals surface area contributed by atoms with Crippen molar-refractivity contribution in [1.29, 1.82) is 0 Å². The van der Waals surface area contributed by atoms with E-state index in [1.807, 2.05) is 0 Å². The SMILES string of the molecule is CC1=CCC(c2c3c(cc(C(C)(C)C)c2=C(c2ccccc2)c2ccccc2)=c2cc(C(C)(C)C)ccc2=[C]3)=C1C12CC3CC(CC(C3)C1)C2. The predicted octanol–water partition coefficient (Wildman–Crippen LogP) is 11.2. The first-order valence-corrected chi connectivity index (χ1v) is 19.4. The Morgan fingerprint density at radius 2 is 1.26 bits per heavy atom. The summed E-state index contributed by atoms with van der Waals surface area (Å²) in [5, 5.41) is 5.39. The Morgan fingerprint density at radius 1 is 0.680 bits per heavy atom.